The second-order valence-electron chi connectivity index (χ2n) is 6.77. The molecule has 0 aromatic rings. The van der Waals surface area contributed by atoms with Crippen LogP contribution in [0, 0.1) is 23.2 Å². The molecule has 4 fully saturated rings. The van der Waals surface area contributed by atoms with Gasteiger partial charge >= 0.3 is 0 Å². The fourth-order valence-corrected chi connectivity index (χ4v) is 5.61. The van der Waals surface area contributed by atoms with E-state index in [0.717, 1.165) is 17.8 Å². The van der Waals surface area contributed by atoms with E-state index >= 15 is 0 Å². The van der Waals surface area contributed by atoms with Crippen LogP contribution in [-0.4, -0.2) is 18.5 Å². The zero-order valence-corrected chi connectivity index (χ0v) is 11.3. The summed E-state index contributed by atoms with van der Waals surface area (Å²) in [6.07, 6.45) is 8.50. The Hall–Kier alpha value is 0.250. The van der Waals surface area contributed by atoms with Gasteiger partial charge in [-0.2, -0.15) is 0 Å². The first-order valence-electron chi connectivity index (χ1n) is 6.94. The van der Waals surface area contributed by atoms with Gasteiger partial charge in [-0.25, -0.2) is 0 Å². The summed E-state index contributed by atoms with van der Waals surface area (Å²) in [6, 6.07) is 0.623. The first-order chi connectivity index (χ1) is 7.63. The normalized spacial score (nSPS) is 51.9. The zero-order chi connectivity index (χ0) is 11.3. The van der Waals surface area contributed by atoms with Gasteiger partial charge in [0, 0.05) is 11.4 Å². The van der Waals surface area contributed by atoms with E-state index in [0.29, 0.717) is 16.8 Å². The van der Waals surface area contributed by atoms with Crippen molar-refractivity contribution in [3.63, 3.8) is 0 Å². The molecule has 6 atom stereocenters. The van der Waals surface area contributed by atoms with E-state index in [-0.39, 0.29) is 0 Å². The minimum Gasteiger partial charge on any atom is -0.317 e. The molecule has 2 heteroatoms. The minimum absolute atomic E-state index is 0.469. The highest BCUT2D eigenvalue weighted by atomic mass is 35.5. The molecule has 4 saturated carbocycles. The first kappa shape index (κ1) is 11.3. The highest BCUT2D eigenvalue weighted by molar-refractivity contribution is 6.21. The smallest absolute Gasteiger partial charge is 0.0421 e. The maximum atomic E-state index is 6.80. The molecule has 0 amide bonds. The monoisotopic (exact) mass is 241 g/mol. The molecule has 1 N–H and O–H groups in total. The minimum atomic E-state index is 0.469. The van der Waals surface area contributed by atoms with Crippen LogP contribution in [0.15, 0.2) is 0 Å². The van der Waals surface area contributed by atoms with Crippen LogP contribution in [0.2, 0.25) is 0 Å². The third-order valence-corrected chi connectivity index (χ3v) is 6.35. The van der Waals surface area contributed by atoms with Crippen LogP contribution >= 0.6 is 11.6 Å². The number of rotatable bonds is 3. The lowest BCUT2D eigenvalue weighted by atomic mass is 9.48. The van der Waals surface area contributed by atoms with Crippen LogP contribution < -0.4 is 5.32 Å². The van der Waals surface area contributed by atoms with E-state index in [9.17, 15) is 0 Å². The second-order valence-corrected chi connectivity index (χ2v) is 7.24. The van der Waals surface area contributed by atoms with Crippen molar-refractivity contribution in [2.24, 2.45) is 23.2 Å². The Morgan fingerprint density at radius 3 is 2.44 bits per heavy atom. The molecule has 92 valence electrons. The summed E-state index contributed by atoms with van der Waals surface area (Å²) < 4.78 is 0. The summed E-state index contributed by atoms with van der Waals surface area (Å²) in [5.74, 6) is 2.87. The number of nitrogens with one attached hydrogen (secondary N) is 1. The van der Waals surface area contributed by atoms with Gasteiger partial charge in [0.05, 0.1) is 0 Å². The van der Waals surface area contributed by atoms with Crippen molar-refractivity contribution in [3.05, 3.63) is 0 Å². The molecule has 0 aromatic heterocycles. The number of hydrogen-bond donors (Lipinski definition) is 1. The molecule has 1 nitrogen and oxygen atoms in total. The van der Waals surface area contributed by atoms with Crippen molar-refractivity contribution in [1.82, 2.24) is 5.32 Å². The Morgan fingerprint density at radius 1 is 1.25 bits per heavy atom. The van der Waals surface area contributed by atoms with E-state index in [2.05, 4.69) is 19.3 Å². The molecule has 0 spiro atoms. The van der Waals surface area contributed by atoms with Gasteiger partial charge in [0.2, 0.25) is 0 Å². The van der Waals surface area contributed by atoms with Gasteiger partial charge < -0.3 is 5.32 Å². The van der Waals surface area contributed by atoms with E-state index in [4.69, 9.17) is 11.6 Å². The van der Waals surface area contributed by atoms with Crippen molar-refractivity contribution in [2.75, 3.05) is 7.05 Å². The Labute approximate surface area is 104 Å². The van der Waals surface area contributed by atoms with Crippen LogP contribution in [-0.2, 0) is 0 Å². The van der Waals surface area contributed by atoms with Crippen molar-refractivity contribution in [3.8, 4) is 0 Å². The molecular formula is C14H24ClN. The zero-order valence-electron chi connectivity index (χ0n) is 10.5. The van der Waals surface area contributed by atoms with Gasteiger partial charge in [0.25, 0.3) is 0 Å². The van der Waals surface area contributed by atoms with E-state index in [1.807, 2.05) is 0 Å². The molecular weight excluding hydrogens is 218 g/mol. The van der Waals surface area contributed by atoms with E-state index in [1.54, 1.807) is 0 Å². The Kier molecular flexibility index (Phi) is 2.75. The molecule has 0 saturated heterocycles. The van der Waals surface area contributed by atoms with Crippen LogP contribution in [0.3, 0.4) is 0 Å². The van der Waals surface area contributed by atoms with Crippen LogP contribution in [0.5, 0.6) is 0 Å². The Bertz CT molecular complexity index is 264. The highest BCUT2D eigenvalue weighted by Gasteiger charge is 2.56. The first-order valence-corrected chi connectivity index (χ1v) is 7.38. The third kappa shape index (κ3) is 1.62. The summed E-state index contributed by atoms with van der Waals surface area (Å²) in [6.45, 7) is 2.31. The van der Waals surface area contributed by atoms with Gasteiger partial charge in [-0.3, -0.25) is 0 Å². The molecule has 2 unspecified atom stereocenters. The summed E-state index contributed by atoms with van der Waals surface area (Å²) in [5, 5.41) is 3.87. The van der Waals surface area contributed by atoms with Crippen molar-refractivity contribution in [2.45, 2.75) is 56.9 Å². The van der Waals surface area contributed by atoms with Gasteiger partial charge in [-0.1, -0.05) is 0 Å². The highest BCUT2D eigenvalue weighted by Crippen LogP contribution is 2.63. The van der Waals surface area contributed by atoms with Crippen LogP contribution in [0.1, 0.15) is 45.4 Å². The van der Waals surface area contributed by atoms with Crippen LogP contribution in [0.4, 0.5) is 0 Å². The largest absolute Gasteiger partial charge is 0.317 e. The molecule has 0 radical (unpaired) electrons. The lowest BCUT2D eigenvalue weighted by Crippen LogP contribution is -2.55. The maximum Gasteiger partial charge on any atom is 0.0421 e. The number of hydrogen-bond acceptors (Lipinski definition) is 1. The molecule has 4 aliphatic carbocycles. The van der Waals surface area contributed by atoms with E-state index in [1.165, 1.54) is 38.5 Å². The third-order valence-electron chi connectivity index (χ3n) is 5.53. The SMILES string of the molecule is CN[C@@H](C)CC12C[C@@H]3CC(C[C@@H](C3)C1)[C@H]2Cl. The summed E-state index contributed by atoms with van der Waals surface area (Å²) in [7, 11) is 2.08. The predicted octanol–water partition coefficient (Wildman–Crippen LogP) is 3.42. The fraction of sp³-hybridized carbons (Fsp3) is 1.00. The fourth-order valence-electron chi connectivity index (χ4n) is 5.14. The predicted molar refractivity (Wildman–Crippen MR) is 68.8 cm³/mol. The molecule has 16 heavy (non-hydrogen) atoms. The molecule has 4 rings (SSSR count). The quantitative estimate of drug-likeness (QED) is 0.747. The van der Waals surface area contributed by atoms with Gasteiger partial charge in [0.1, 0.15) is 0 Å². The number of halogens is 1. The average Bonchev–Trinajstić information content (AvgIpc) is 2.24. The summed E-state index contributed by atoms with van der Waals surface area (Å²) in [5.41, 5.74) is 0.485. The van der Waals surface area contributed by atoms with Crippen molar-refractivity contribution < 1.29 is 0 Å². The Morgan fingerprint density at radius 2 is 1.88 bits per heavy atom. The number of alkyl halides is 1. The van der Waals surface area contributed by atoms with Gasteiger partial charge in [-0.15, -0.1) is 11.6 Å². The average molecular weight is 242 g/mol. The van der Waals surface area contributed by atoms with Crippen molar-refractivity contribution in [1.29, 1.82) is 0 Å². The maximum absolute atomic E-state index is 6.80. The molecule has 4 aliphatic rings. The summed E-state index contributed by atoms with van der Waals surface area (Å²) >= 11 is 6.80. The van der Waals surface area contributed by atoms with Gasteiger partial charge in [0.15, 0.2) is 0 Å². The standard InChI is InChI=1S/C14H24ClN/c1-9(16-2)6-14-7-10-3-11(8-14)5-12(4-10)13(14)15/h9-13,16H,3-8H2,1-2H3/t9-,10-,11+,12?,13+,14?/m0/s1. The van der Waals surface area contributed by atoms with Gasteiger partial charge in [-0.05, 0) is 75.7 Å². The molecule has 4 bridgehead atoms. The van der Waals surface area contributed by atoms with Crippen LogP contribution in [0.25, 0.3) is 0 Å². The lowest BCUT2D eigenvalue weighted by molar-refractivity contribution is -0.0558. The summed E-state index contributed by atoms with van der Waals surface area (Å²) in [4.78, 5) is 0. The molecule has 0 heterocycles. The second kappa shape index (κ2) is 3.88. The van der Waals surface area contributed by atoms with Crippen molar-refractivity contribution >= 4 is 11.6 Å². The molecule has 0 aromatic carbocycles. The topological polar surface area (TPSA) is 12.0 Å². The Balaban J connectivity index is 1.82. The lowest BCUT2D eigenvalue weighted by Gasteiger charge is -2.60. The van der Waals surface area contributed by atoms with E-state index < -0.39 is 0 Å². The molecule has 0 aliphatic heterocycles.